The summed E-state index contributed by atoms with van der Waals surface area (Å²) in [7, 11) is 0. The van der Waals surface area contributed by atoms with E-state index in [4.69, 9.17) is 5.73 Å². The van der Waals surface area contributed by atoms with Gasteiger partial charge in [-0.1, -0.05) is 18.2 Å². The number of nitrogens with zero attached hydrogens (tertiary/aromatic N) is 2. The number of nitrogens with one attached hydrogen (secondary N) is 2. The molecule has 0 fully saturated rings. The van der Waals surface area contributed by atoms with Crippen LogP contribution in [0.5, 0.6) is 5.75 Å². The molecule has 0 saturated heterocycles. The highest BCUT2D eigenvalue weighted by Crippen LogP contribution is 2.34. The fourth-order valence-electron chi connectivity index (χ4n) is 3.03. The van der Waals surface area contributed by atoms with Crippen LogP contribution >= 0.6 is 0 Å². The van der Waals surface area contributed by atoms with Crippen molar-refractivity contribution < 1.29 is 5.11 Å². The molecule has 4 rings (SSSR count). The van der Waals surface area contributed by atoms with Crippen LogP contribution in [0.4, 0.5) is 0 Å². The number of rotatable bonds is 3. The van der Waals surface area contributed by atoms with Crippen LogP contribution < -0.4 is 11.4 Å². The van der Waals surface area contributed by atoms with Crippen LogP contribution in [0.15, 0.2) is 53.5 Å². The van der Waals surface area contributed by atoms with Gasteiger partial charge in [0.05, 0.1) is 11.3 Å². The van der Waals surface area contributed by atoms with Gasteiger partial charge < -0.3 is 15.8 Å². The van der Waals surface area contributed by atoms with Crippen molar-refractivity contribution in [3.05, 3.63) is 64.7 Å². The van der Waals surface area contributed by atoms with Crippen molar-refractivity contribution in [1.29, 1.82) is 0 Å². The summed E-state index contributed by atoms with van der Waals surface area (Å²) in [6.07, 6.45) is 1.83. The van der Waals surface area contributed by atoms with E-state index in [1.165, 1.54) is 4.57 Å². The zero-order valence-corrected chi connectivity index (χ0v) is 13.5. The van der Waals surface area contributed by atoms with Crippen molar-refractivity contribution in [1.82, 2.24) is 19.7 Å². The second-order valence-electron chi connectivity index (χ2n) is 5.97. The number of nitrogens with two attached hydrogens (primary N) is 1. The largest absolute Gasteiger partial charge is 0.507 e. The number of aromatic hydroxyl groups is 1. The second kappa shape index (κ2) is 5.64. The number of para-hydroxylation sites is 1. The number of fused-ring (bicyclic) bond motifs is 1. The summed E-state index contributed by atoms with van der Waals surface area (Å²) in [5.74, 6) is 0.370. The van der Waals surface area contributed by atoms with Crippen molar-refractivity contribution in [3.63, 3.8) is 0 Å². The topological polar surface area (TPSA) is 113 Å². The summed E-state index contributed by atoms with van der Waals surface area (Å²) in [6, 6.07) is 12.4. The summed E-state index contributed by atoms with van der Waals surface area (Å²) in [4.78, 5) is 15.4. The van der Waals surface area contributed by atoms with E-state index in [9.17, 15) is 9.90 Å². The Bertz CT molecular complexity index is 1110. The standard InChI is InChI=1S/C18H17N5O2/c1-10(19)14-9-20-15-8-16(24)13(7-12(14)15)17-21-22-18(25)23(17)11-5-3-2-4-6-11/h2-10,20,24H,19H2,1H3,(H,22,25). The van der Waals surface area contributed by atoms with Gasteiger partial charge >= 0.3 is 5.69 Å². The van der Waals surface area contributed by atoms with Crippen molar-refractivity contribution >= 4 is 10.9 Å². The Morgan fingerprint density at radius 3 is 2.72 bits per heavy atom. The summed E-state index contributed by atoms with van der Waals surface area (Å²) < 4.78 is 1.43. The molecule has 25 heavy (non-hydrogen) atoms. The second-order valence-corrected chi connectivity index (χ2v) is 5.97. The molecule has 1 atom stereocenters. The number of H-pyrrole nitrogens is 2. The van der Waals surface area contributed by atoms with Gasteiger partial charge in [-0.15, -0.1) is 0 Å². The quantitative estimate of drug-likeness (QED) is 0.460. The van der Waals surface area contributed by atoms with Crippen LogP contribution in [-0.4, -0.2) is 24.9 Å². The van der Waals surface area contributed by atoms with Crippen LogP contribution in [0.2, 0.25) is 0 Å². The molecule has 2 aromatic heterocycles. The van der Waals surface area contributed by atoms with Gasteiger partial charge in [0, 0.05) is 29.2 Å². The summed E-state index contributed by atoms with van der Waals surface area (Å²) in [5, 5.41) is 17.9. The normalized spacial score (nSPS) is 12.6. The third kappa shape index (κ3) is 2.41. The number of aromatic amines is 2. The number of hydrogen-bond acceptors (Lipinski definition) is 4. The van der Waals surface area contributed by atoms with Crippen molar-refractivity contribution in [3.8, 4) is 22.8 Å². The molecule has 126 valence electrons. The van der Waals surface area contributed by atoms with Gasteiger partial charge in [-0.05, 0) is 30.7 Å². The molecule has 7 nitrogen and oxygen atoms in total. The van der Waals surface area contributed by atoms with Gasteiger partial charge in [0.15, 0.2) is 5.82 Å². The minimum Gasteiger partial charge on any atom is -0.507 e. The van der Waals surface area contributed by atoms with E-state index < -0.39 is 0 Å². The van der Waals surface area contributed by atoms with Crippen molar-refractivity contribution in [2.24, 2.45) is 5.73 Å². The van der Waals surface area contributed by atoms with E-state index in [1.54, 1.807) is 24.3 Å². The lowest BCUT2D eigenvalue weighted by atomic mass is 10.0. The summed E-state index contributed by atoms with van der Waals surface area (Å²) in [6.45, 7) is 1.89. The Kier molecular flexibility index (Phi) is 3.43. The highest BCUT2D eigenvalue weighted by molar-refractivity contribution is 5.90. The number of phenolic OH excluding ortho intramolecular Hbond substituents is 1. The lowest BCUT2D eigenvalue weighted by Gasteiger charge is -2.09. The van der Waals surface area contributed by atoms with Crippen LogP contribution in [0.3, 0.4) is 0 Å². The summed E-state index contributed by atoms with van der Waals surface area (Å²) >= 11 is 0. The molecule has 1 unspecified atom stereocenters. The van der Waals surface area contributed by atoms with Gasteiger partial charge in [0.2, 0.25) is 0 Å². The third-order valence-electron chi connectivity index (χ3n) is 4.25. The van der Waals surface area contributed by atoms with Gasteiger partial charge in [0.1, 0.15) is 5.75 Å². The monoisotopic (exact) mass is 335 g/mol. The molecule has 2 heterocycles. The van der Waals surface area contributed by atoms with E-state index in [2.05, 4.69) is 15.2 Å². The molecule has 0 aliphatic rings. The predicted octanol–water partition coefficient (Wildman–Crippen LogP) is 2.43. The van der Waals surface area contributed by atoms with Crippen LogP contribution in [0.1, 0.15) is 18.5 Å². The molecule has 5 N–H and O–H groups in total. The van der Waals surface area contributed by atoms with Crippen LogP contribution in [0, 0.1) is 0 Å². The first-order valence-corrected chi connectivity index (χ1v) is 7.89. The average molecular weight is 335 g/mol. The molecule has 7 heteroatoms. The number of phenols is 1. The number of aromatic nitrogens is 4. The van der Waals surface area contributed by atoms with E-state index >= 15 is 0 Å². The molecular weight excluding hydrogens is 318 g/mol. The van der Waals surface area contributed by atoms with E-state index in [-0.39, 0.29) is 17.5 Å². The van der Waals surface area contributed by atoms with E-state index in [1.807, 2.05) is 31.3 Å². The number of hydrogen-bond donors (Lipinski definition) is 4. The van der Waals surface area contributed by atoms with Gasteiger partial charge in [-0.3, -0.25) is 0 Å². The molecule has 0 amide bonds. The van der Waals surface area contributed by atoms with Crippen LogP contribution in [0.25, 0.3) is 28.0 Å². The molecule has 0 saturated carbocycles. The van der Waals surface area contributed by atoms with Crippen LogP contribution in [-0.2, 0) is 0 Å². The first-order valence-electron chi connectivity index (χ1n) is 7.89. The Morgan fingerprint density at radius 1 is 1.24 bits per heavy atom. The fraction of sp³-hybridized carbons (Fsp3) is 0.111. The van der Waals surface area contributed by atoms with E-state index in [0.717, 1.165) is 16.5 Å². The highest BCUT2D eigenvalue weighted by atomic mass is 16.3. The molecule has 2 aromatic carbocycles. The maximum atomic E-state index is 12.3. The SMILES string of the molecule is CC(N)c1c[nH]c2cc(O)c(-c3n[nH]c(=O)n3-c3ccccc3)cc12. The molecule has 0 bridgehead atoms. The zero-order valence-electron chi connectivity index (χ0n) is 13.5. The average Bonchev–Trinajstić information content (AvgIpc) is 3.18. The maximum Gasteiger partial charge on any atom is 0.348 e. The van der Waals surface area contributed by atoms with Gasteiger partial charge in [0.25, 0.3) is 0 Å². The fourth-order valence-corrected chi connectivity index (χ4v) is 3.03. The minimum atomic E-state index is -0.373. The smallest absolute Gasteiger partial charge is 0.348 e. The molecule has 4 aromatic rings. The van der Waals surface area contributed by atoms with Gasteiger partial charge in [-0.2, -0.15) is 5.10 Å². The Balaban J connectivity index is 1.98. The van der Waals surface area contributed by atoms with Crippen molar-refractivity contribution in [2.45, 2.75) is 13.0 Å². The molecule has 0 spiro atoms. The van der Waals surface area contributed by atoms with Gasteiger partial charge in [-0.25, -0.2) is 14.5 Å². The lowest BCUT2D eigenvalue weighted by molar-refractivity contribution is 0.477. The molecule has 0 radical (unpaired) electrons. The minimum absolute atomic E-state index is 0.0294. The number of benzene rings is 2. The van der Waals surface area contributed by atoms with Crippen molar-refractivity contribution in [2.75, 3.05) is 0 Å². The predicted molar refractivity (Wildman–Crippen MR) is 95.7 cm³/mol. The molecule has 0 aliphatic carbocycles. The third-order valence-corrected chi connectivity index (χ3v) is 4.25. The maximum absolute atomic E-state index is 12.3. The first-order chi connectivity index (χ1) is 12.1. The molecule has 0 aliphatic heterocycles. The zero-order chi connectivity index (χ0) is 17.6. The Hall–Kier alpha value is -3.32. The Labute approximate surface area is 142 Å². The molecular formula is C18H17N5O2. The summed E-state index contributed by atoms with van der Waals surface area (Å²) in [5.41, 5.74) is 8.47. The lowest BCUT2D eigenvalue weighted by Crippen LogP contribution is -2.15. The van der Waals surface area contributed by atoms with E-state index in [0.29, 0.717) is 17.1 Å². The first kappa shape index (κ1) is 15.2. The highest BCUT2D eigenvalue weighted by Gasteiger charge is 2.18. The Morgan fingerprint density at radius 2 is 2.00 bits per heavy atom.